The van der Waals surface area contributed by atoms with Crippen LogP contribution in [-0.4, -0.2) is 40.7 Å². The molecule has 0 unspecified atom stereocenters. The molecule has 0 fully saturated rings. The number of rotatable bonds is 5. The zero-order valence-corrected chi connectivity index (χ0v) is 13.7. The Morgan fingerprint density at radius 2 is 1.92 bits per heavy atom. The number of benzene rings is 2. The summed E-state index contributed by atoms with van der Waals surface area (Å²) in [6, 6.07) is 8.21. The topological polar surface area (TPSA) is 99.4 Å². The Morgan fingerprint density at radius 1 is 1.12 bits per heavy atom. The SMILES string of the molecule is COc1cc([C@@H]2Oc3c(O)cc(/C=C/CO)cc3[C@H]2CO)ccc1O. The van der Waals surface area contributed by atoms with Crippen LogP contribution in [-0.2, 0) is 0 Å². The zero-order valence-electron chi connectivity index (χ0n) is 13.7. The van der Waals surface area contributed by atoms with Crippen molar-refractivity contribution in [3.63, 3.8) is 0 Å². The number of ether oxygens (including phenoxy) is 2. The van der Waals surface area contributed by atoms with Gasteiger partial charge in [-0.05, 0) is 35.4 Å². The molecule has 2 atom stereocenters. The highest BCUT2D eigenvalue weighted by molar-refractivity contribution is 5.62. The second-order valence-corrected chi connectivity index (χ2v) is 5.80. The van der Waals surface area contributed by atoms with Crippen molar-refractivity contribution in [1.29, 1.82) is 0 Å². The van der Waals surface area contributed by atoms with E-state index in [0.717, 1.165) is 5.56 Å². The Bertz CT molecular complexity index is 799. The first-order chi connectivity index (χ1) is 12.1. The first-order valence-electron chi connectivity index (χ1n) is 7.87. The van der Waals surface area contributed by atoms with Crippen molar-refractivity contribution >= 4 is 6.08 Å². The van der Waals surface area contributed by atoms with Gasteiger partial charge in [0.15, 0.2) is 23.0 Å². The Morgan fingerprint density at radius 3 is 2.60 bits per heavy atom. The monoisotopic (exact) mass is 344 g/mol. The standard InChI is InChI=1S/C19H20O6/c1-24-17-9-12(4-5-15(17)22)18-14(10-21)13-7-11(3-2-6-20)8-16(23)19(13)25-18/h2-5,7-9,14,18,20-23H,6,10H2,1H3/b3-2+/t14-,18+/m1/s1. The molecule has 25 heavy (non-hydrogen) atoms. The Kier molecular flexibility index (Phi) is 4.83. The molecule has 132 valence electrons. The van der Waals surface area contributed by atoms with E-state index in [-0.39, 0.29) is 30.6 Å². The van der Waals surface area contributed by atoms with Gasteiger partial charge in [0.1, 0.15) is 6.10 Å². The average molecular weight is 344 g/mol. The third-order valence-corrected chi connectivity index (χ3v) is 4.27. The fourth-order valence-corrected chi connectivity index (χ4v) is 3.08. The molecule has 0 aromatic heterocycles. The number of aliphatic hydroxyl groups excluding tert-OH is 2. The van der Waals surface area contributed by atoms with Gasteiger partial charge >= 0.3 is 0 Å². The molecule has 0 amide bonds. The van der Waals surface area contributed by atoms with Gasteiger partial charge < -0.3 is 29.9 Å². The van der Waals surface area contributed by atoms with Crippen molar-refractivity contribution in [2.75, 3.05) is 20.3 Å². The van der Waals surface area contributed by atoms with Crippen LogP contribution in [0.4, 0.5) is 0 Å². The highest BCUT2D eigenvalue weighted by Crippen LogP contribution is 2.51. The number of fused-ring (bicyclic) bond motifs is 1. The normalized spacial score (nSPS) is 19.0. The van der Waals surface area contributed by atoms with Crippen LogP contribution in [0.2, 0.25) is 0 Å². The molecule has 0 radical (unpaired) electrons. The van der Waals surface area contributed by atoms with Gasteiger partial charge in [0.25, 0.3) is 0 Å². The van der Waals surface area contributed by atoms with Gasteiger partial charge in [0.2, 0.25) is 0 Å². The van der Waals surface area contributed by atoms with Crippen LogP contribution in [0.3, 0.4) is 0 Å². The highest BCUT2D eigenvalue weighted by Gasteiger charge is 2.37. The summed E-state index contributed by atoms with van der Waals surface area (Å²) < 4.78 is 11.0. The fourth-order valence-electron chi connectivity index (χ4n) is 3.08. The minimum atomic E-state index is -0.516. The molecule has 0 spiro atoms. The maximum Gasteiger partial charge on any atom is 0.165 e. The molecule has 1 heterocycles. The van der Waals surface area contributed by atoms with E-state index in [1.54, 1.807) is 30.4 Å². The number of methoxy groups -OCH3 is 1. The summed E-state index contributed by atoms with van der Waals surface area (Å²) >= 11 is 0. The molecular weight excluding hydrogens is 324 g/mol. The second kappa shape index (κ2) is 7.04. The number of aliphatic hydroxyl groups is 2. The number of hydrogen-bond donors (Lipinski definition) is 4. The fraction of sp³-hybridized carbons (Fsp3) is 0.263. The Hall–Kier alpha value is -2.70. The van der Waals surface area contributed by atoms with Crippen molar-refractivity contribution in [3.8, 4) is 23.0 Å². The predicted molar refractivity (Wildman–Crippen MR) is 92.1 cm³/mol. The largest absolute Gasteiger partial charge is 0.504 e. The van der Waals surface area contributed by atoms with Crippen molar-refractivity contribution in [2.24, 2.45) is 0 Å². The lowest BCUT2D eigenvalue weighted by molar-refractivity contribution is 0.157. The lowest BCUT2D eigenvalue weighted by Crippen LogP contribution is -2.13. The average Bonchev–Trinajstić information content (AvgIpc) is 2.99. The summed E-state index contributed by atoms with van der Waals surface area (Å²) in [7, 11) is 1.46. The van der Waals surface area contributed by atoms with Gasteiger partial charge in [0, 0.05) is 5.56 Å². The maximum absolute atomic E-state index is 10.3. The van der Waals surface area contributed by atoms with Crippen molar-refractivity contribution in [1.82, 2.24) is 0 Å². The molecule has 6 heteroatoms. The molecule has 3 rings (SSSR count). The van der Waals surface area contributed by atoms with E-state index in [0.29, 0.717) is 22.6 Å². The quantitative estimate of drug-likeness (QED) is 0.664. The lowest BCUT2D eigenvalue weighted by atomic mass is 9.90. The van der Waals surface area contributed by atoms with Gasteiger partial charge in [-0.15, -0.1) is 0 Å². The van der Waals surface area contributed by atoms with Crippen LogP contribution in [0, 0.1) is 0 Å². The lowest BCUT2D eigenvalue weighted by Gasteiger charge is -2.18. The highest BCUT2D eigenvalue weighted by atomic mass is 16.5. The van der Waals surface area contributed by atoms with Crippen LogP contribution in [0.5, 0.6) is 23.0 Å². The van der Waals surface area contributed by atoms with E-state index in [1.165, 1.54) is 13.2 Å². The molecule has 4 N–H and O–H groups in total. The third-order valence-electron chi connectivity index (χ3n) is 4.27. The number of phenols is 2. The number of phenolic OH excluding ortho intramolecular Hbond substituents is 2. The van der Waals surface area contributed by atoms with Gasteiger partial charge in [-0.2, -0.15) is 0 Å². The minimum Gasteiger partial charge on any atom is -0.504 e. The van der Waals surface area contributed by atoms with Crippen LogP contribution >= 0.6 is 0 Å². The summed E-state index contributed by atoms with van der Waals surface area (Å²) in [5, 5.41) is 38.8. The van der Waals surface area contributed by atoms with Crippen LogP contribution in [0.15, 0.2) is 36.4 Å². The van der Waals surface area contributed by atoms with Crippen LogP contribution in [0.25, 0.3) is 6.08 Å². The summed E-state index contributed by atoms with van der Waals surface area (Å²) in [4.78, 5) is 0. The predicted octanol–water partition coefficient (Wildman–Crippen LogP) is 2.32. The van der Waals surface area contributed by atoms with E-state index in [2.05, 4.69) is 0 Å². The van der Waals surface area contributed by atoms with Crippen molar-refractivity contribution < 1.29 is 29.9 Å². The molecule has 0 saturated carbocycles. The first kappa shape index (κ1) is 17.1. The second-order valence-electron chi connectivity index (χ2n) is 5.80. The molecule has 0 bridgehead atoms. The van der Waals surface area contributed by atoms with Gasteiger partial charge in [-0.25, -0.2) is 0 Å². The van der Waals surface area contributed by atoms with Gasteiger partial charge in [0.05, 0.1) is 26.2 Å². The number of hydrogen-bond acceptors (Lipinski definition) is 6. The summed E-state index contributed by atoms with van der Waals surface area (Å²) in [5.74, 6) is 0.253. The zero-order chi connectivity index (χ0) is 18.0. The molecule has 6 nitrogen and oxygen atoms in total. The van der Waals surface area contributed by atoms with Crippen molar-refractivity contribution in [3.05, 3.63) is 53.1 Å². The first-order valence-corrected chi connectivity index (χ1v) is 7.87. The van der Waals surface area contributed by atoms with E-state index in [1.807, 2.05) is 6.07 Å². The van der Waals surface area contributed by atoms with Gasteiger partial charge in [-0.1, -0.05) is 18.2 Å². The van der Waals surface area contributed by atoms with E-state index in [4.69, 9.17) is 14.6 Å². The molecule has 0 aliphatic carbocycles. The van der Waals surface area contributed by atoms with E-state index >= 15 is 0 Å². The third kappa shape index (κ3) is 3.14. The molecule has 1 aliphatic heterocycles. The smallest absolute Gasteiger partial charge is 0.165 e. The van der Waals surface area contributed by atoms with E-state index < -0.39 is 6.10 Å². The van der Waals surface area contributed by atoms with Crippen molar-refractivity contribution in [2.45, 2.75) is 12.0 Å². The molecule has 0 saturated heterocycles. The molecule has 2 aromatic carbocycles. The minimum absolute atomic E-state index is 0.0154. The Labute approximate surface area is 145 Å². The maximum atomic E-state index is 10.3. The summed E-state index contributed by atoms with van der Waals surface area (Å²) in [6.45, 7) is -0.277. The van der Waals surface area contributed by atoms with Crippen LogP contribution < -0.4 is 9.47 Å². The van der Waals surface area contributed by atoms with Gasteiger partial charge in [-0.3, -0.25) is 0 Å². The number of aromatic hydroxyl groups is 2. The Balaban J connectivity index is 2.01. The van der Waals surface area contributed by atoms with E-state index in [9.17, 15) is 15.3 Å². The van der Waals surface area contributed by atoms with Crippen LogP contribution in [0.1, 0.15) is 28.7 Å². The molecular formula is C19H20O6. The molecule has 1 aliphatic rings. The molecule has 2 aromatic rings. The summed E-state index contributed by atoms with van der Waals surface area (Å²) in [6.07, 6.45) is 2.73. The summed E-state index contributed by atoms with van der Waals surface area (Å²) in [5.41, 5.74) is 2.12.